The highest BCUT2D eigenvalue weighted by molar-refractivity contribution is 6.28. The summed E-state index contributed by atoms with van der Waals surface area (Å²) in [6, 6.07) is 0. The Morgan fingerprint density at radius 3 is 2.52 bits per heavy atom. The Hall–Kier alpha value is -1.32. The number of carbonyl (C=O) groups excluding carboxylic acids is 1. The van der Waals surface area contributed by atoms with E-state index in [1.807, 2.05) is 0 Å². The van der Waals surface area contributed by atoms with E-state index < -0.39 is 11.9 Å². The number of hydrogen-bond acceptors (Lipinski definition) is 3. The van der Waals surface area contributed by atoms with Crippen LogP contribution in [-0.2, 0) is 14.3 Å². The Morgan fingerprint density at radius 1 is 1.06 bits per heavy atom. The van der Waals surface area contributed by atoms with Crippen LogP contribution in [-0.4, -0.2) is 23.1 Å². The monoisotopic (exact) mass is 458 g/mol. The van der Waals surface area contributed by atoms with Crippen molar-refractivity contribution in [2.75, 3.05) is 0 Å². The number of carboxylic acid groups (broad SMARTS) is 1. The summed E-state index contributed by atoms with van der Waals surface area (Å²) in [6.07, 6.45) is 15.5. The van der Waals surface area contributed by atoms with Crippen LogP contribution in [0, 0.1) is 46.3 Å². The lowest BCUT2D eigenvalue weighted by Crippen LogP contribution is -2.51. The van der Waals surface area contributed by atoms with Crippen LogP contribution >= 0.6 is 0 Å². The number of aliphatic carboxylic acids is 1. The van der Waals surface area contributed by atoms with Gasteiger partial charge in [-0.25, -0.2) is 9.59 Å². The number of ether oxygens (including phenoxy) is 1. The number of esters is 1. The molecule has 0 spiro atoms. The van der Waals surface area contributed by atoms with Crippen LogP contribution in [0.25, 0.3) is 0 Å². The molecule has 0 bridgehead atoms. The molecular formula is C29H46O4. The van der Waals surface area contributed by atoms with Crippen molar-refractivity contribution in [1.29, 1.82) is 0 Å². The fraction of sp³-hybridized carbons (Fsp3) is 0.862. The van der Waals surface area contributed by atoms with E-state index in [0.29, 0.717) is 5.41 Å². The second-order valence-electron chi connectivity index (χ2n) is 12.9. The summed E-state index contributed by atoms with van der Waals surface area (Å²) in [5.41, 5.74) is 2.12. The van der Waals surface area contributed by atoms with Crippen LogP contribution in [0.15, 0.2) is 11.6 Å². The second kappa shape index (κ2) is 9.38. The van der Waals surface area contributed by atoms with Crippen molar-refractivity contribution >= 4 is 11.9 Å². The lowest BCUT2D eigenvalue weighted by Gasteiger charge is -2.58. The topological polar surface area (TPSA) is 63.6 Å². The zero-order valence-corrected chi connectivity index (χ0v) is 21.6. The maximum absolute atomic E-state index is 11.6. The van der Waals surface area contributed by atoms with Gasteiger partial charge in [0.15, 0.2) is 0 Å². The van der Waals surface area contributed by atoms with Crippen LogP contribution in [0.4, 0.5) is 0 Å². The summed E-state index contributed by atoms with van der Waals surface area (Å²) in [5.74, 6) is 2.27. The van der Waals surface area contributed by atoms with Crippen molar-refractivity contribution in [1.82, 2.24) is 0 Å². The first-order valence-corrected chi connectivity index (χ1v) is 13.7. The Labute approximate surface area is 200 Å². The van der Waals surface area contributed by atoms with Gasteiger partial charge in [-0.3, -0.25) is 0 Å². The molecule has 186 valence electrons. The van der Waals surface area contributed by atoms with E-state index in [4.69, 9.17) is 9.84 Å². The first-order valence-electron chi connectivity index (χ1n) is 13.7. The molecule has 0 radical (unpaired) electrons. The molecule has 1 N–H and O–H groups in total. The van der Waals surface area contributed by atoms with Crippen LogP contribution in [0.2, 0.25) is 0 Å². The van der Waals surface area contributed by atoms with Crippen molar-refractivity contribution in [3.8, 4) is 0 Å². The van der Waals surface area contributed by atoms with E-state index in [9.17, 15) is 9.59 Å². The lowest BCUT2D eigenvalue weighted by atomic mass is 9.47. The van der Waals surface area contributed by atoms with Gasteiger partial charge in [0.05, 0.1) is 0 Å². The standard InChI is InChI=1S/C29H46O4/c1-18(2)7-6-8-19(3)23-11-12-24-22-10-9-20-17-21(33-27(32)26(30)31)13-15-28(20,4)25(22)14-16-29(23,24)5/h9,18-19,21-25H,6-8,10-17H2,1-5H3,(H,30,31)/t19-,21+,22+,23-,24+,25+,28+,29-/m1/s1. The normalized spacial score (nSPS) is 40.9. The van der Waals surface area contributed by atoms with E-state index in [-0.39, 0.29) is 11.5 Å². The van der Waals surface area contributed by atoms with E-state index in [1.165, 1.54) is 50.5 Å². The second-order valence-corrected chi connectivity index (χ2v) is 12.9. The maximum atomic E-state index is 11.6. The summed E-state index contributed by atoms with van der Waals surface area (Å²) in [6.45, 7) is 12.3. The number of fused-ring (bicyclic) bond motifs is 5. The summed E-state index contributed by atoms with van der Waals surface area (Å²) in [5, 5.41) is 8.90. The van der Waals surface area contributed by atoms with Crippen molar-refractivity contribution in [3.63, 3.8) is 0 Å². The molecule has 0 aromatic carbocycles. The number of rotatable bonds is 6. The van der Waals surface area contributed by atoms with Gasteiger partial charge in [0.25, 0.3) is 0 Å². The molecular weight excluding hydrogens is 412 g/mol. The molecule has 4 nitrogen and oxygen atoms in total. The highest BCUT2D eigenvalue weighted by Gasteiger charge is 2.59. The first-order chi connectivity index (χ1) is 15.6. The van der Waals surface area contributed by atoms with Gasteiger partial charge in [0, 0.05) is 6.42 Å². The van der Waals surface area contributed by atoms with Gasteiger partial charge < -0.3 is 9.84 Å². The SMILES string of the molecule is CC(C)CCC[C@@H](C)[C@H]1CC[C@H]2[C@@H]3CC=C4C[C@@H](OC(=O)C(=O)O)CC[C@]4(C)[C@H]3CC[C@]12C. The number of allylic oxidation sites excluding steroid dienone is 1. The van der Waals surface area contributed by atoms with E-state index in [2.05, 4.69) is 40.7 Å². The van der Waals surface area contributed by atoms with Gasteiger partial charge in [-0.1, -0.05) is 65.5 Å². The van der Waals surface area contributed by atoms with E-state index >= 15 is 0 Å². The molecule has 4 rings (SSSR count). The molecule has 3 saturated carbocycles. The summed E-state index contributed by atoms with van der Waals surface area (Å²) < 4.78 is 5.28. The third kappa shape index (κ3) is 4.52. The minimum absolute atomic E-state index is 0.192. The molecule has 0 amide bonds. The lowest BCUT2D eigenvalue weighted by molar-refractivity contribution is -0.168. The Bertz CT molecular complexity index is 784. The molecule has 0 aromatic heterocycles. The van der Waals surface area contributed by atoms with Gasteiger partial charge in [0.1, 0.15) is 6.10 Å². The van der Waals surface area contributed by atoms with Gasteiger partial charge >= 0.3 is 11.9 Å². The molecule has 4 heteroatoms. The fourth-order valence-corrected chi connectivity index (χ4v) is 8.95. The van der Waals surface area contributed by atoms with E-state index in [0.717, 1.165) is 61.2 Å². The largest absolute Gasteiger partial charge is 0.473 e. The zero-order valence-electron chi connectivity index (χ0n) is 21.6. The van der Waals surface area contributed by atoms with E-state index in [1.54, 1.807) is 0 Å². The van der Waals surface area contributed by atoms with Gasteiger partial charge in [-0.05, 0) is 91.3 Å². The zero-order chi connectivity index (χ0) is 24.0. The average molecular weight is 459 g/mol. The highest BCUT2D eigenvalue weighted by atomic mass is 16.6. The van der Waals surface area contributed by atoms with Crippen molar-refractivity contribution in [2.45, 2.75) is 111 Å². The van der Waals surface area contributed by atoms with Crippen molar-refractivity contribution in [2.24, 2.45) is 46.3 Å². The molecule has 0 saturated heterocycles. The van der Waals surface area contributed by atoms with Crippen LogP contribution in [0.1, 0.15) is 105 Å². The number of carboxylic acids is 1. The van der Waals surface area contributed by atoms with Gasteiger partial charge in [-0.2, -0.15) is 0 Å². The summed E-state index contributed by atoms with van der Waals surface area (Å²) >= 11 is 0. The van der Waals surface area contributed by atoms with Gasteiger partial charge in [0.2, 0.25) is 0 Å². The highest BCUT2D eigenvalue weighted by Crippen LogP contribution is 2.67. The molecule has 0 unspecified atom stereocenters. The quantitative estimate of drug-likeness (QED) is 0.264. The third-order valence-electron chi connectivity index (χ3n) is 10.7. The predicted octanol–water partition coefficient (Wildman–Crippen LogP) is 7.02. The van der Waals surface area contributed by atoms with Gasteiger partial charge in [-0.15, -0.1) is 0 Å². The smallest absolute Gasteiger partial charge is 0.417 e. The molecule has 0 aliphatic heterocycles. The third-order valence-corrected chi connectivity index (χ3v) is 10.7. The van der Waals surface area contributed by atoms with Crippen molar-refractivity contribution in [3.05, 3.63) is 11.6 Å². The molecule has 3 fully saturated rings. The molecule has 4 aliphatic carbocycles. The molecule has 4 aliphatic rings. The molecule has 0 aromatic rings. The van der Waals surface area contributed by atoms with Crippen molar-refractivity contribution < 1.29 is 19.4 Å². The summed E-state index contributed by atoms with van der Waals surface area (Å²) in [7, 11) is 0. The first kappa shape index (κ1) is 24.8. The Balaban J connectivity index is 1.45. The van der Waals surface area contributed by atoms with Crippen LogP contribution in [0.3, 0.4) is 0 Å². The van der Waals surface area contributed by atoms with Crippen LogP contribution < -0.4 is 0 Å². The molecule has 0 heterocycles. The molecule has 33 heavy (non-hydrogen) atoms. The average Bonchev–Trinajstić information content (AvgIpc) is 3.11. The maximum Gasteiger partial charge on any atom is 0.417 e. The Morgan fingerprint density at radius 2 is 1.82 bits per heavy atom. The van der Waals surface area contributed by atoms with Crippen LogP contribution in [0.5, 0.6) is 0 Å². The fourth-order valence-electron chi connectivity index (χ4n) is 8.95. The predicted molar refractivity (Wildman–Crippen MR) is 131 cm³/mol. The number of carbonyl (C=O) groups is 2. The Kier molecular flexibility index (Phi) is 7.05. The summed E-state index contributed by atoms with van der Waals surface area (Å²) in [4.78, 5) is 22.5. The number of hydrogen-bond donors (Lipinski definition) is 1. The minimum Gasteiger partial charge on any atom is -0.473 e. The minimum atomic E-state index is -1.48. The molecule has 8 atom stereocenters.